The molecule has 2 rings (SSSR count). The van der Waals surface area contributed by atoms with E-state index < -0.39 is 12.0 Å². The second-order valence-corrected chi connectivity index (χ2v) is 4.39. The highest BCUT2D eigenvalue weighted by molar-refractivity contribution is 5.33. The van der Waals surface area contributed by atoms with Gasteiger partial charge in [0.05, 0.1) is 0 Å². The van der Waals surface area contributed by atoms with Gasteiger partial charge in [-0.25, -0.2) is 0 Å². The summed E-state index contributed by atoms with van der Waals surface area (Å²) in [5, 5.41) is 13.4. The van der Waals surface area contributed by atoms with Gasteiger partial charge in [0.2, 0.25) is 0 Å². The van der Waals surface area contributed by atoms with Crippen molar-refractivity contribution in [3.05, 3.63) is 29.8 Å². The van der Waals surface area contributed by atoms with Crippen LogP contribution in [0.15, 0.2) is 24.3 Å². The molecular formula is C12H14F3NO2. The Kier molecular flexibility index (Phi) is 3.49. The van der Waals surface area contributed by atoms with Crippen molar-refractivity contribution in [3.8, 4) is 5.75 Å². The van der Waals surface area contributed by atoms with Crippen LogP contribution in [0.1, 0.15) is 18.4 Å². The Hall–Kier alpha value is -1.27. The molecule has 0 aliphatic carbocycles. The highest BCUT2D eigenvalue weighted by Gasteiger charge is 2.34. The number of nitrogens with one attached hydrogen (secondary N) is 1. The summed E-state index contributed by atoms with van der Waals surface area (Å²) in [6.45, 7) is 1.14. The highest BCUT2D eigenvalue weighted by Crippen LogP contribution is 2.32. The monoisotopic (exact) mass is 261 g/mol. The highest BCUT2D eigenvalue weighted by atomic mass is 19.4. The maximum Gasteiger partial charge on any atom is 0.573 e. The summed E-state index contributed by atoms with van der Waals surface area (Å²) in [7, 11) is 0. The van der Waals surface area contributed by atoms with E-state index in [-0.39, 0.29) is 5.75 Å². The van der Waals surface area contributed by atoms with Gasteiger partial charge < -0.3 is 15.2 Å². The number of aliphatic hydroxyl groups is 1. The molecule has 1 fully saturated rings. The van der Waals surface area contributed by atoms with E-state index in [1.54, 1.807) is 6.07 Å². The molecule has 3 nitrogen and oxygen atoms in total. The van der Waals surface area contributed by atoms with E-state index in [1.807, 2.05) is 0 Å². The summed E-state index contributed by atoms with van der Waals surface area (Å²) in [6, 6.07) is 5.51. The zero-order valence-electron chi connectivity index (χ0n) is 9.63. The van der Waals surface area contributed by atoms with Gasteiger partial charge in [0.15, 0.2) is 0 Å². The van der Waals surface area contributed by atoms with Crippen LogP contribution in [-0.2, 0) is 5.60 Å². The Labute approximate surface area is 103 Å². The second-order valence-electron chi connectivity index (χ2n) is 4.39. The molecule has 2 N–H and O–H groups in total. The van der Waals surface area contributed by atoms with Crippen LogP contribution < -0.4 is 10.1 Å². The van der Waals surface area contributed by atoms with Crippen molar-refractivity contribution >= 4 is 0 Å². The van der Waals surface area contributed by atoms with Gasteiger partial charge in [0, 0.05) is 6.54 Å². The van der Waals surface area contributed by atoms with Crippen LogP contribution >= 0.6 is 0 Å². The number of hydrogen-bond acceptors (Lipinski definition) is 3. The van der Waals surface area contributed by atoms with E-state index in [1.165, 1.54) is 18.2 Å². The Bertz CT molecular complexity index is 414. The molecule has 100 valence electrons. The van der Waals surface area contributed by atoms with Crippen LogP contribution in [0, 0.1) is 0 Å². The number of halogens is 3. The van der Waals surface area contributed by atoms with E-state index in [0.717, 1.165) is 13.0 Å². The van der Waals surface area contributed by atoms with E-state index in [4.69, 9.17) is 0 Å². The molecule has 18 heavy (non-hydrogen) atoms. The average Bonchev–Trinajstić information content (AvgIpc) is 2.28. The van der Waals surface area contributed by atoms with Crippen LogP contribution in [0.4, 0.5) is 13.2 Å². The fourth-order valence-corrected chi connectivity index (χ4v) is 2.12. The fourth-order valence-electron chi connectivity index (χ4n) is 2.12. The van der Waals surface area contributed by atoms with Crippen molar-refractivity contribution in [2.24, 2.45) is 0 Å². The van der Waals surface area contributed by atoms with Gasteiger partial charge >= 0.3 is 6.36 Å². The van der Waals surface area contributed by atoms with Crippen molar-refractivity contribution in [1.82, 2.24) is 5.32 Å². The van der Waals surface area contributed by atoms with Gasteiger partial charge in [-0.3, -0.25) is 0 Å². The average molecular weight is 261 g/mol. The molecule has 1 aliphatic rings. The standard InChI is InChI=1S/C12H14F3NO2/c13-12(14,15)18-10-4-1-3-9(7-10)11(17)5-2-6-16-8-11/h1,3-4,7,16-17H,2,5-6,8H2. The second kappa shape index (κ2) is 4.78. The Morgan fingerprint density at radius 2 is 2.11 bits per heavy atom. The quantitative estimate of drug-likeness (QED) is 0.857. The van der Waals surface area contributed by atoms with Gasteiger partial charge in [-0.05, 0) is 37.1 Å². The molecule has 1 unspecified atom stereocenters. The van der Waals surface area contributed by atoms with Crippen molar-refractivity contribution in [3.63, 3.8) is 0 Å². The first kappa shape index (κ1) is 13.2. The smallest absolute Gasteiger partial charge is 0.406 e. The Morgan fingerprint density at radius 1 is 1.33 bits per heavy atom. The Balaban J connectivity index is 2.21. The predicted octanol–water partition coefficient (Wildman–Crippen LogP) is 2.16. The third kappa shape index (κ3) is 3.14. The van der Waals surface area contributed by atoms with E-state index in [2.05, 4.69) is 10.1 Å². The number of β-amino-alcohol motifs (C(OH)–C–C–N with tert-alkyl or cyclic N) is 1. The lowest BCUT2D eigenvalue weighted by molar-refractivity contribution is -0.274. The maximum absolute atomic E-state index is 12.1. The molecular weight excluding hydrogens is 247 g/mol. The molecule has 1 heterocycles. The van der Waals surface area contributed by atoms with Gasteiger partial charge in [0.25, 0.3) is 0 Å². The third-order valence-electron chi connectivity index (χ3n) is 2.97. The number of rotatable bonds is 2. The minimum Gasteiger partial charge on any atom is -0.406 e. The van der Waals surface area contributed by atoms with Crippen LogP contribution in [0.5, 0.6) is 5.75 Å². The molecule has 1 aliphatic heterocycles. The van der Waals surface area contributed by atoms with Crippen LogP contribution in [0.2, 0.25) is 0 Å². The van der Waals surface area contributed by atoms with E-state index in [0.29, 0.717) is 18.5 Å². The summed E-state index contributed by atoms with van der Waals surface area (Å²) < 4.78 is 40.2. The first-order valence-corrected chi connectivity index (χ1v) is 5.68. The van der Waals surface area contributed by atoms with E-state index in [9.17, 15) is 18.3 Å². The topological polar surface area (TPSA) is 41.5 Å². The molecule has 0 aromatic heterocycles. The van der Waals surface area contributed by atoms with Crippen molar-refractivity contribution in [2.75, 3.05) is 13.1 Å². The zero-order chi connectivity index (χ0) is 13.2. The third-order valence-corrected chi connectivity index (χ3v) is 2.97. The fraction of sp³-hybridized carbons (Fsp3) is 0.500. The van der Waals surface area contributed by atoms with Crippen molar-refractivity contribution < 1.29 is 23.0 Å². The molecule has 1 atom stereocenters. The maximum atomic E-state index is 12.1. The first-order chi connectivity index (χ1) is 8.39. The zero-order valence-corrected chi connectivity index (χ0v) is 9.63. The van der Waals surface area contributed by atoms with Crippen molar-refractivity contribution in [1.29, 1.82) is 0 Å². The SMILES string of the molecule is OC1(c2cccc(OC(F)(F)F)c2)CCCNC1. The predicted molar refractivity (Wildman–Crippen MR) is 59.1 cm³/mol. The molecule has 0 spiro atoms. The normalized spacial score (nSPS) is 24.9. The Morgan fingerprint density at radius 3 is 2.72 bits per heavy atom. The molecule has 0 bridgehead atoms. The number of benzene rings is 1. The molecule has 0 saturated carbocycles. The largest absolute Gasteiger partial charge is 0.573 e. The van der Waals surface area contributed by atoms with Crippen molar-refractivity contribution in [2.45, 2.75) is 24.8 Å². The van der Waals surface area contributed by atoms with E-state index >= 15 is 0 Å². The van der Waals surface area contributed by atoms with Gasteiger partial charge in [0.1, 0.15) is 11.4 Å². The number of hydrogen-bond donors (Lipinski definition) is 2. The molecule has 6 heteroatoms. The van der Waals surface area contributed by atoms with Crippen LogP contribution in [0.3, 0.4) is 0 Å². The lowest BCUT2D eigenvalue weighted by Crippen LogP contribution is -2.43. The number of ether oxygens (including phenoxy) is 1. The van der Waals surface area contributed by atoms with Gasteiger partial charge in [-0.2, -0.15) is 0 Å². The summed E-state index contributed by atoms with van der Waals surface area (Å²) in [5.74, 6) is -0.306. The summed E-state index contributed by atoms with van der Waals surface area (Å²) in [4.78, 5) is 0. The summed E-state index contributed by atoms with van der Waals surface area (Å²) >= 11 is 0. The molecule has 1 aromatic rings. The van der Waals surface area contributed by atoms with Crippen LogP contribution in [-0.4, -0.2) is 24.6 Å². The lowest BCUT2D eigenvalue weighted by atomic mass is 9.86. The summed E-state index contributed by atoms with van der Waals surface area (Å²) in [6.07, 6.45) is -3.41. The molecule has 1 aromatic carbocycles. The molecule has 0 amide bonds. The molecule has 1 saturated heterocycles. The van der Waals surface area contributed by atoms with Gasteiger partial charge in [-0.1, -0.05) is 12.1 Å². The lowest BCUT2D eigenvalue weighted by Gasteiger charge is -2.33. The molecule has 0 radical (unpaired) electrons. The minimum atomic E-state index is -4.72. The minimum absolute atomic E-state index is 0.306. The number of alkyl halides is 3. The van der Waals surface area contributed by atoms with Crippen LogP contribution in [0.25, 0.3) is 0 Å². The first-order valence-electron chi connectivity index (χ1n) is 5.68. The number of piperidine rings is 1. The van der Waals surface area contributed by atoms with Gasteiger partial charge in [-0.15, -0.1) is 13.2 Å². The summed E-state index contributed by atoms with van der Waals surface area (Å²) in [5.41, 5.74) is -0.681.